The summed E-state index contributed by atoms with van der Waals surface area (Å²) in [4.78, 5) is 15.2. The zero-order chi connectivity index (χ0) is 21.6. The van der Waals surface area contributed by atoms with E-state index in [4.69, 9.17) is 4.74 Å². The quantitative estimate of drug-likeness (QED) is 0.619. The summed E-state index contributed by atoms with van der Waals surface area (Å²) in [6.45, 7) is 1.12. The fourth-order valence-corrected chi connectivity index (χ4v) is 4.27. The smallest absolute Gasteiger partial charge is 0.237 e. The molecule has 4 rings (SSSR count). The van der Waals surface area contributed by atoms with Gasteiger partial charge >= 0.3 is 0 Å². The van der Waals surface area contributed by atoms with Crippen LogP contribution in [0.3, 0.4) is 0 Å². The monoisotopic (exact) mass is 416 g/mol. The molecule has 0 aliphatic carbocycles. The number of nitrogens with zero attached hydrogens (tertiary/aromatic N) is 1. The average Bonchev–Trinajstić information content (AvgIpc) is 2.83. The Morgan fingerprint density at radius 2 is 1.71 bits per heavy atom. The highest BCUT2D eigenvalue weighted by Gasteiger charge is 2.33. The maximum Gasteiger partial charge on any atom is 0.237 e. The van der Waals surface area contributed by atoms with Crippen LogP contribution in [-0.2, 0) is 11.2 Å². The first-order valence-electron chi connectivity index (χ1n) is 10.6. The zero-order valence-corrected chi connectivity index (χ0v) is 17.7. The van der Waals surface area contributed by atoms with Crippen molar-refractivity contribution in [2.45, 2.75) is 18.6 Å². The van der Waals surface area contributed by atoms with Gasteiger partial charge in [-0.25, -0.2) is 0 Å². The largest absolute Gasteiger partial charge is 0.496 e. The molecule has 31 heavy (non-hydrogen) atoms. The fraction of sp³-hybridized carbons (Fsp3) is 0.269. The maximum atomic E-state index is 13.3. The Balaban J connectivity index is 1.52. The highest BCUT2D eigenvalue weighted by atomic mass is 16.5. The van der Waals surface area contributed by atoms with E-state index >= 15 is 0 Å². The van der Waals surface area contributed by atoms with E-state index in [9.17, 15) is 9.90 Å². The number of carbonyl (C=O) groups excluding carboxylic acids is 1. The maximum absolute atomic E-state index is 13.3. The van der Waals surface area contributed by atoms with Crippen molar-refractivity contribution in [1.82, 2.24) is 10.2 Å². The van der Waals surface area contributed by atoms with Crippen LogP contribution in [-0.4, -0.2) is 42.7 Å². The Labute approximate surface area is 183 Å². The number of ether oxygens (including phenoxy) is 1. The number of fused-ring (bicyclic) bond motifs is 1. The molecule has 160 valence electrons. The average molecular weight is 417 g/mol. The summed E-state index contributed by atoms with van der Waals surface area (Å²) in [5.74, 6) is 0.778. The summed E-state index contributed by atoms with van der Waals surface area (Å²) < 4.78 is 5.62. The molecule has 0 bridgehead atoms. The molecule has 1 aliphatic heterocycles. The van der Waals surface area contributed by atoms with Crippen LogP contribution in [0.25, 0.3) is 0 Å². The number of para-hydroxylation sites is 1. The van der Waals surface area contributed by atoms with E-state index in [1.807, 2.05) is 71.6 Å². The Morgan fingerprint density at radius 1 is 1.03 bits per heavy atom. The number of aliphatic hydroxyl groups is 1. The SMILES string of the molecule is COc1ccccc1C1c2ccccc2CCN1C(=O)CNCC(O)c1ccccc1. The van der Waals surface area contributed by atoms with E-state index < -0.39 is 6.10 Å². The third-order valence-electron chi connectivity index (χ3n) is 5.84. The van der Waals surface area contributed by atoms with E-state index in [1.54, 1.807) is 7.11 Å². The molecule has 0 fully saturated rings. The first-order valence-corrected chi connectivity index (χ1v) is 10.6. The minimum absolute atomic E-state index is 0.00525. The Morgan fingerprint density at radius 3 is 2.48 bits per heavy atom. The topological polar surface area (TPSA) is 61.8 Å². The van der Waals surface area contributed by atoms with Crippen LogP contribution in [0.4, 0.5) is 0 Å². The normalized spacial score (nSPS) is 16.5. The lowest BCUT2D eigenvalue weighted by Gasteiger charge is -2.38. The third kappa shape index (κ3) is 4.63. The Bertz CT molecular complexity index is 1020. The van der Waals surface area contributed by atoms with Crippen LogP contribution in [0.1, 0.15) is 34.4 Å². The van der Waals surface area contributed by atoms with E-state index in [0.717, 1.165) is 28.9 Å². The molecule has 1 aliphatic rings. The number of nitrogens with one attached hydrogen (secondary N) is 1. The van der Waals surface area contributed by atoms with Crippen molar-refractivity contribution in [3.8, 4) is 5.75 Å². The van der Waals surface area contributed by atoms with Crippen molar-refractivity contribution >= 4 is 5.91 Å². The molecule has 1 amide bonds. The molecular formula is C26H28N2O3. The van der Waals surface area contributed by atoms with Gasteiger partial charge in [-0.2, -0.15) is 0 Å². The molecule has 2 atom stereocenters. The molecule has 3 aromatic carbocycles. The summed E-state index contributed by atoms with van der Waals surface area (Å²) in [5.41, 5.74) is 4.21. The van der Waals surface area contributed by atoms with Gasteiger partial charge in [0.1, 0.15) is 5.75 Å². The van der Waals surface area contributed by atoms with E-state index in [0.29, 0.717) is 13.1 Å². The molecule has 2 unspecified atom stereocenters. The van der Waals surface area contributed by atoms with Crippen molar-refractivity contribution in [3.05, 3.63) is 101 Å². The lowest BCUT2D eigenvalue weighted by Crippen LogP contribution is -2.45. The molecule has 1 heterocycles. The molecule has 0 aromatic heterocycles. The molecular weight excluding hydrogens is 388 g/mol. The van der Waals surface area contributed by atoms with E-state index in [2.05, 4.69) is 17.4 Å². The zero-order valence-electron chi connectivity index (χ0n) is 17.7. The number of methoxy groups -OCH3 is 1. The number of benzene rings is 3. The summed E-state index contributed by atoms with van der Waals surface area (Å²) in [6.07, 6.45) is 0.168. The van der Waals surface area contributed by atoms with Crippen molar-refractivity contribution in [2.75, 3.05) is 26.7 Å². The lowest BCUT2D eigenvalue weighted by molar-refractivity contribution is -0.132. The first kappa shape index (κ1) is 21.1. The molecule has 0 saturated carbocycles. The van der Waals surface area contributed by atoms with Crippen LogP contribution in [0.15, 0.2) is 78.9 Å². The summed E-state index contributed by atoms with van der Waals surface area (Å²) in [7, 11) is 1.66. The summed E-state index contributed by atoms with van der Waals surface area (Å²) in [5, 5.41) is 13.5. The number of amides is 1. The molecule has 3 aromatic rings. The number of rotatable bonds is 7. The van der Waals surface area contributed by atoms with Crippen LogP contribution in [0.2, 0.25) is 0 Å². The Hall–Kier alpha value is -3.15. The molecule has 5 nitrogen and oxygen atoms in total. The number of aliphatic hydroxyl groups excluding tert-OH is 1. The van der Waals surface area contributed by atoms with Gasteiger partial charge in [-0.3, -0.25) is 4.79 Å². The van der Waals surface area contributed by atoms with Gasteiger partial charge in [0, 0.05) is 18.7 Å². The predicted molar refractivity (Wildman–Crippen MR) is 121 cm³/mol. The Kier molecular flexibility index (Phi) is 6.65. The summed E-state index contributed by atoms with van der Waals surface area (Å²) >= 11 is 0. The van der Waals surface area contributed by atoms with Gasteiger partial charge in [0.05, 0.1) is 25.8 Å². The third-order valence-corrected chi connectivity index (χ3v) is 5.84. The molecule has 0 saturated heterocycles. The van der Waals surface area contributed by atoms with Gasteiger partial charge < -0.3 is 20.1 Å². The van der Waals surface area contributed by atoms with Crippen molar-refractivity contribution in [2.24, 2.45) is 0 Å². The van der Waals surface area contributed by atoms with Crippen LogP contribution in [0, 0.1) is 0 Å². The van der Waals surface area contributed by atoms with Crippen LogP contribution < -0.4 is 10.1 Å². The minimum Gasteiger partial charge on any atom is -0.496 e. The molecule has 0 spiro atoms. The number of carbonyl (C=O) groups is 1. The van der Waals surface area contributed by atoms with Gasteiger partial charge in [0.2, 0.25) is 5.91 Å². The molecule has 5 heteroatoms. The van der Waals surface area contributed by atoms with E-state index in [-0.39, 0.29) is 18.5 Å². The fourth-order valence-electron chi connectivity index (χ4n) is 4.27. The second-order valence-electron chi connectivity index (χ2n) is 7.74. The van der Waals surface area contributed by atoms with Gasteiger partial charge in [0.15, 0.2) is 0 Å². The molecule has 2 N–H and O–H groups in total. The predicted octanol–water partition coefficient (Wildman–Crippen LogP) is 3.49. The standard InChI is InChI=1S/C26H28N2O3/c1-31-24-14-8-7-13-22(24)26-21-12-6-5-9-19(21)15-16-28(26)25(30)18-27-17-23(29)20-10-3-2-4-11-20/h2-14,23,26-27,29H,15-18H2,1H3. The second kappa shape index (κ2) is 9.77. The first-order chi connectivity index (χ1) is 15.2. The molecule has 0 radical (unpaired) electrons. The number of hydrogen-bond donors (Lipinski definition) is 2. The van der Waals surface area contributed by atoms with Crippen molar-refractivity contribution in [1.29, 1.82) is 0 Å². The highest BCUT2D eigenvalue weighted by molar-refractivity contribution is 5.80. The number of hydrogen-bond acceptors (Lipinski definition) is 4. The highest BCUT2D eigenvalue weighted by Crippen LogP contribution is 2.39. The van der Waals surface area contributed by atoms with Gasteiger partial charge in [-0.15, -0.1) is 0 Å². The lowest BCUT2D eigenvalue weighted by atomic mass is 9.87. The summed E-state index contributed by atoms with van der Waals surface area (Å²) in [6, 6.07) is 25.4. The van der Waals surface area contributed by atoms with Crippen LogP contribution in [0.5, 0.6) is 5.75 Å². The van der Waals surface area contributed by atoms with Gasteiger partial charge in [0.25, 0.3) is 0 Å². The van der Waals surface area contributed by atoms with Crippen LogP contribution >= 0.6 is 0 Å². The van der Waals surface area contributed by atoms with E-state index in [1.165, 1.54) is 5.56 Å². The van der Waals surface area contributed by atoms with Gasteiger partial charge in [-0.05, 0) is 29.2 Å². The van der Waals surface area contributed by atoms with Crippen molar-refractivity contribution < 1.29 is 14.6 Å². The van der Waals surface area contributed by atoms with Gasteiger partial charge in [-0.1, -0.05) is 72.8 Å². The van der Waals surface area contributed by atoms with Crippen molar-refractivity contribution in [3.63, 3.8) is 0 Å². The minimum atomic E-state index is -0.652. The second-order valence-corrected chi connectivity index (χ2v) is 7.74.